The van der Waals surface area contributed by atoms with Crippen molar-refractivity contribution in [2.45, 2.75) is 18.1 Å². The van der Waals surface area contributed by atoms with Crippen LogP contribution in [0.5, 0.6) is 0 Å². The molecule has 0 bridgehead atoms. The van der Waals surface area contributed by atoms with Crippen LogP contribution in [0.15, 0.2) is 4.99 Å². The highest BCUT2D eigenvalue weighted by atomic mass is 79.9. The Bertz CT molecular complexity index is 422. The summed E-state index contributed by atoms with van der Waals surface area (Å²) < 4.78 is 23.0. The SMILES string of the molecule is O=S1(=O)C[C@H]2N=C3SC[C@@H](CBr)N3[C@H]2C1. The number of aliphatic imine (C=N–C) groups is 1. The van der Waals surface area contributed by atoms with Gasteiger partial charge in [0.25, 0.3) is 0 Å². The number of nitrogens with zero attached hydrogens (tertiary/aromatic N) is 2. The first-order valence-corrected chi connectivity index (χ1v) is 8.79. The van der Waals surface area contributed by atoms with Gasteiger partial charge in [-0.1, -0.05) is 27.7 Å². The Kier molecular flexibility index (Phi) is 2.34. The van der Waals surface area contributed by atoms with Crippen LogP contribution in [0.2, 0.25) is 0 Å². The quantitative estimate of drug-likeness (QED) is 0.655. The van der Waals surface area contributed by atoms with Gasteiger partial charge in [-0.2, -0.15) is 0 Å². The molecule has 84 valence electrons. The Morgan fingerprint density at radius 3 is 3.07 bits per heavy atom. The van der Waals surface area contributed by atoms with E-state index in [4.69, 9.17) is 0 Å². The highest BCUT2D eigenvalue weighted by Gasteiger charge is 2.50. The monoisotopic (exact) mass is 310 g/mol. The zero-order valence-electron chi connectivity index (χ0n) is 7.97. The van der Waals surface area contributed by atoms with Crippen molar-refractivity contribution in [3.63, 3.8) is 0 Å². The van der Waals surface area contributed by atoms with Gasteiger partial charge in [0.05, 0.1) is 29.6 Å². The molecule has 15 heavy (non-hydrogen) atoms. The van der Waals surface area contributed by atoms with Crippen molar-refractivity contribution in [3.05, 3.63) is 0 Å². The van der Waals surface area contributed by atoms with Crippen LogP contribution in [-0.4, -0.2) is 59.2 Å². The summed E-state index contributed by atoms with van der Waals surface area (Å²) in [6.45, 7) is 0. The largest absolute Gasteiger partial charge is 0.341 e. The minimum atomic E-state index is -2.85. The average molecular weight is 311 g/mol. The molecule has 3 rings (SSSR count). The van der Waals surface area contributed by atoms with E-state index in [1.54, 1.807) is 11.8 Å². The average Bonchev–Trinajstić information content (AvgIpc) is 2.73. The molecule has 0 spiro atoms. The van der Waals surface area contributed by atoms with E-state index in [0.29, 0.717) is 6.04 Å². The van der Waals surface area contributed by atoms with Crippen molar-refractivity contribution in [1.29, 1.82) is 0 Å². The Balaban J connectivity index is 1.93. The second-order valence-corrected chi connectivity index (χ2v) is 7.94. The molecule has 0 radical (unpaired) electrons. The Labute approximate surface area is 102 Å². The summed E-state index contributed by atoms with van der Waals surface area (Å²) in [7, 11) is -2.85. The minimum absolute atomic E-state index is 0.000602. The van der Waals surface area contributed by atoms with Crippen LogP contribution in [-0.2, 0) is 9.84 Å². The van der Waals surface area contributed by atoms with Crippen LogP contribution in [0.25, 0.3) is 0 Å². The number of hydrogen-bond donors (Lipinski definition) is 0. The van der Waals surface area contributed by atoms with E-state index in [9.17, 15) is 8.42 Å². The van der Waals surface area contributed by atoms with E-state index < -0.39 is 9.84 Å². The molecule has 7 heteroatoms. The van der Waals surface area contributed by atoms with Crippen LogP contribution in [0, 0.1) is 0 Å². The molecule has 0 aromatic heterocycles. The van der Waals surface area contributed by atoms with Gasteiger partial charge < -0.3 is 4.90 Å². The number of sulfone groups is 1. The van der Waals surface area contributed by atoms with Gasteiger partial charge in [0, 0.05) is 11.1 Å². The third-order valence-electron chi connectivity index (χ3n) is 3.12. The van der Waals surface area contributed by atoms with Crippen LogP contribution in [0.3, 0.4) is 0 Å². The number of alkyl halides is 1. The smallest absolute Gasteiger partial charge is 0.160 e. The molecule has 0 aliphatic carbocycles. The van der Waals surface area contributed by atoms with Gasteiger partial charge in [0.1, 0.15) is 0 Å². The number of fused-ring (bicyclic) bond motifs is 3. The molecule has 0 amide bonds. The summed E-state index contributed by atoms with van der Waals surface area (Å²) in [4.78, 5) is 6.73. The molecule has 0 aromatic carbocycles. The van der Waals surface area contributed by atoms with Crippen molar-refractivity contribution in [2.75, 3.05) is 22.6 Å². The summed E-state index contributed by atoms with van der Waals surface area (Å²) in [5, 5.41) is 1.95. The number of amidine groups is 1. The van der Waals surface area contributed by atoms with Gasteiger partial charge in [-0.15, -0.1) is 0 Å². The molecule has 3 heterocycles. The molecular weight excluding hydrogens is 300 g/mol. The van der Waals surface area contributed by atoms with Crippen LogP contribution < -0.4 is 0 Å². The molecular formula is C8H11BrN2O2S2. The van der Waals surface area contributed by atoms with Gasteiger partial charge in [-0.3, -0.25) is 4.99 Å². The maximum absolute atomic E-state index is 11.5. The van der Waals surface area contributed by atoms with Crippen molar-refractivity contribution in [2.24, 2.45) is 4.99 Å². The topological polar surface area (TPSA) is 49.7 Å². The van der Waals surface area contributed by atoms with E-state index in [1.807, 2.05) is 0 Å². The van der Waals surface area contributed by atoms with E-state index in [2.05, 4.69) is 25.8 Å². The third-order valence-corrected chi connectivity index (χ3v) is 6.70. The van der Waals surface area contributed by atoms with Gasteiger partial charge in [-0.05, 0) is 0 Å². The van der Waals surface area contributed by atoms with E-state index in [-0.39, 0.29) is 23.6 Å². The van der Waals surface area contributed by atoms with Gasteiger partial charge in [-0.25, -0.2) is 8.42 Å². The third kappa shape index (κ3) is 1.54. The van der Waals surface area contributed by atoms with E-state index in [0.717, 1.165) is 16.3 Å². The van der Waals surface area contributed by atoms with Gasteiger partial charge >= 0.3 is 0 Å². The Morgan fingerprint density at radius 2 is 2.33 bits per heavy atom. The fourth-order valence-corrected chi connectivity index (χ4v) is 6.42. The van der Waals surface area contributed by atoms with E-state index >= 15 is 0 Å². The van der Waals surface area contributed by atoms with Crippen molar-refractivity contribution < 1.29 is 8.42 Å². The molecule has 0 N–H and O–H groups in total. The first-order valence-electron chi connectivity index (χ1n) is 4.86. The normalized spacial score (nSPS) is 41.5. The first-order chi connectivity index (χ1) is 7.11. The summed E-state index contributed by atoms with van der Waals surface area (Å²) in [5.74, 6) is 1.55. The molecule has 0 aromatic rings. The van der Waals surface area contributed by atoms with Gasteiger partial charge in [0.2, 0.25) is 0 Å². The van der Waals surface area contributed by atoms with Crippen molar-refractivity contribution in [1.82, 2.24) is 4.90 Å². The summed E-state index contributed by atoms with van der Waals surface area (Å²) in [6, 6.07) is 0.527. The van der Waals surface area contributed by atoms with Crippen LogP contribution >= 0.6 is 27.7 Å². The van der Waals surface area contributed by atoms with Crippen molar-refractivity contribution >= 4 is 42.7 Å². The Morgan fingerprint density at radius 1 is 1.53 bits per heavy atom. The maximum atomic E-state index is 11.5. The molecule has 2 saturated heterocycles. The fraction of sp³-hybridized carbons (Fsp3) is 0.875. The van der Waals surface area contributed by atoms with E-state index in [1.165, 1.54) is 0 Å². The molecule has 3 atom stereocenters. The number of thioether (sulfide) groups is 1. The van der Waals surface area contributed by atoms with Gasteiger partial charge in [0.15, 0.2) is 15.0 Å². The highest BCUT2D eigenvalue weighted by molar-refractivity contribution is 9.09. The standard InChI is InChI=1S/C8H11BrN2O2S2/c9-1-5-2-14-8-10-6-3-15(12,13)4-7(6)11(5)8/h5-7H,1-4H2/t5-,6-,7+/m1/s1. The lowest BCUT2D eigenvalue weighted by Gasteiger charge is -2.26. The predicted molar refractivity (Wildman–Crippen MR) is 65.5 cm³/mol. The number of halogens is 1. The zero-order chi connectivity index (χ0) is 10.6. The first kappa shape index (κ1) is 10.4. The molecule has 3 aliphatic heterocycles. The predicted octanol–water partition coefficient (Wildman–Crippen LogP) is 0.334. The molecule has 2 fully saturated rings. The molecule has 0 unspecified atom stereocenters. The lowest BCUT2D eigenvalue weighted by Crippen LogP contribution is -2.43. The summed E-state index contributed by atoms with van der Waals surface area (Å²) in [6.07, 6.45) is 0. The summed E-state index contributed by atoms with van der Waals surface area (Å²) in [5.41, 5.74) is 0. The van der Waals surface area contributed by atoms with Crippen LogP contribution in [0.1, 0.15) is 0 Å². The molecule has 3 aliphatic rings. The number of rotatable bonds is 1. The molecule has 4 nitrogen and oxygen atoms in total. The minimum Gasteiger partial charge on any atom is -0.341 e. The summed E-state index contributed by atoms with van der Waals surface area (Å²) >= 11 is 5.23. The van der Waals surface area contributed by atoms with Crippen molar-refractivity contribution in [3.8, 4) is 0 Å². The lowest BCUT2D eigenvalue weighted by molar-refractivity contribution is 0.310. The zero-order valence-corrected chi connectivity index (χ0v) is 11.2. The fourth-order valence-electron chi connectivity index (χ4n) is 2.46. The number of hydrogen-bond acceptors (Lipinski definition) is 5. The highest BCUT2D eigenvalue weighted by Crippen LogP contribution is 2.38. The lowest BCUT2D eigenvalue weighted by atomic mass is 10.1. The second-order valence-electron chi connectivity index (χ2n) is 4.15. The van der Waals surface area contributed by atoms with Crippen LogP contribution in [0.4, 0.5) is 0 Å². The second kappa shape index (κ2) is 3.37. The molecule has 0 saturated carbocycles. The Hall–Kier alpha value is 0.250. The maximum Gasteiger partial charge on any atom is 0.160 e.